The van der Waals surface area contributed by atoms with E-state index < -0.39 is 0 Å². The van der Waals surface area contributed by atoms with E-state index >= 15 is 0 Å². The van der Waals surface area contributed by atoms with Crippen LogP contribution in [0.25, 0.3) is 0 Å². The SMILES string of the molecule is COC(=O)[C@H](C)NCc1ccc(C)c(C)c1. The van der Waals surface area contributed by atoms with Gasteiger partial charge in [-0.1, -0.05) is 18.2 Å². The molecule has 0 radical (unpaired) electrons. The van der Waals surface area contributed by atoms with Crippen LogP contribution >= 0.6 is 0 Å². The number of benzene rings is 1. The highest BCUT2D eigenvalue weighted by Gasteiger charge is 2.11. The molecule has 0 bridgehead atoms. The lowest BCUT2D eigenvalue weighted by atomic mass is 10.1. The van der Waals surface area contributed by atoms with Crippen molar-refractivity contribution in [3.8, 4) is 0 Å². The number of hydrogen-bond acceptors (Lipinski definition) is 3. The Kier molecular flexibility index (Phi) is 4.50. The molecule has 16 heavy (non-hydrogen) atoms. The smallest absolute Gasteiger partial charge is 0.322 e. The van der Waals surface area contributed by atoms with Crippen molar-refractivity contribution in [1.82, 2.24) is 5.32 Å². The maximum atomic E-state index is 11.2. The predicted octanol–water partition coefficient (Wildman–Crippen LogP) is 1.95. The van der Waals surface area contributed by atoms with Crippen molar-refractivity contribution in [3.05, 3.63) is 34.9 Å². The second-order valence-electron chi connectivity index (χ2n) is 4.04. The Labute approximate surface area is 96.8 Å². The van der Waals surface area contributed by atoms with Crippen LogP contribution < -0.4 is 5.32 Å². The number of carbonyl (C=O) groups excluding carboxylic acids is 1. The highest BCUT2D eigenvalue weighted by molar-refractivity contribution is 5.75. The largest absolute Gasteiger partial charge is 0.468 e. The molecule has 0 spiro atoms. The van der Waals surface area contributed by atoms with Gasteiger partial charge < -0.3 is 10.1 Å². The number of ether oxygens (including phenoxy) is 1. The van der Waals surface area contributed by atoms with Gasteiger partial charge in [0.15, 0.2) is 0 Å². The molecule has 0 unspecified atom stereocenters. The van der Waals surface area contributed by atoms with Crippen LogP contribution in [0.4, 0.5) is 0 Å². The quantitative estimate of drug-likeness (QED) is 0.790. The molecule has 0 aromatic heterocycles. The van der Waals surface area contributed by atoms with Crippen LogP contribution in [0.3, 0.4) is 0 Å². The van der Waals surface area contributed by atoms with Crippen molar-refractivity contribution in [2.75, 3.05) is 7.11 Å². The van der Waals surface area contributed by atoms with E-state index in [1.165, 1.54) is 23.8 Å². The summed E-state index contributed by atoms with van der Waals surface area (Å²) in [5.41, 5.74) is 3.73. The van der Waals surface area contributed by atoms with Crippen molar-refractivity contribution in [2.45, 2.75) is 33.4 Å². The minimum absolute atomic E-state index is 0.233. The first-order chi connectivity index (χ1) is 7.54. The minimum atomic E-state index is -0.272. The molecule has 1 N–H and O–H groups in total. The molecule has 1 rings (SSSR count). The molecule has 0 amide bonds. The predicted molar refractivity (Wildman–Crippen MR) is 64.2 cm³/mol. The van der Waals surface area contributed by atoms with E-state index in [2.05, 4.69) is 42.1 Å². The summed E-state index contributed by atoms with van der Waals surface area (Å²) in [5, 5.41) is 3.12. The summed E-state index contributed by atoms with van der Waals surface area (Å²) < 4.78 is 4.64. The van der Waals surface area contributed by atoms with Crippen molar-refractivity contribution < 1.29 is 9.53 Å². The van der Waals surface area contributed by atoms with Crippen LogP contribution in [-0.4, -0.2) is 19.1 Å². The minimum Gasteiger partial charge on any atom is -0.468 e. The topological polar surface area (TPSA) is 38.3 Å². The molecule has 0 aliphatic carbocycles. The molecule has 0 saturated heterocycles. The molecular formula is C13H19NO2. The Morgan fingerprint density at radius 3 is 2.62 bits per heavy atom. The van der Waals surface area contributed by atoms with Gasteiger partial charge in [0.2, 0.25) is 0 Å². The number of esters is 1. The van der Waals surface area contributed by atoms with Gasteiger partial charge in [-0.15, -0.1) is 0 Å². The van der Waals surface area contributed by atoms with Gasteiger partial charge in [-0.05, 0) is 37.5 Å². The maximum Gasteiger partial charge on any atom is 0.322 e. The van der Waals surface area contributed by atoms with Crippen LogP contribution in [0, 0.1) is 13.8 Å². The van der Waals surface area contributed by atoms with Gasteiger partial charge in [-0.2, -0.15) is 0 Å². The molecule has 88 valence electrons. The molecule has 0 aliphatic rings. The molecule has 0 saturated carbocycles. The van der Waals surface area contributed by atoms with Crippen LogP contribution in [0.15, 0.2) is 18.2 Å². The van der Waals surface area contributed by atoms with E-state index in [1.807, 2.05) is 0 Å². The summed E-state index contributed by atoms with van der Waals surface area (Å²) >= 11 is 0. The van der Waals surface area contributed by atoms with Crippen molar-refractivity contribution in [3.63, 3.8) is 0 Å². The van der Waals surface area contributed by atoms with Gasteiger partial charge in [0.25, 0.3) is 0 Å². The summed E-state index contributed by atoms with van der Waals surface area (Å²) in [6.07, 6.45) is 0. The fourth-order valence-electron chi connectivity index (χ4n) is 1.44. The third kappa shape index (κ3) is 3.35. The number of aryl methyl sites for hydroxylation is 2. The molecule has 3 nitrogen and oxygen atoms in total. The van der Waals surface area contributed by atoms with Crippen molar-refractivity contribution in [2.24, 2.45) is 0 Å². The third-order valence-corrected chi connectivity index (χ3v) is 2.74. The molecule has 3 heteroatoms. The van der Waals surface area contributed by atoms with E-state index in [4.69, 9.17) is 0 Å². The molecule has 0 fully saturated rings. The normalized spacial score (nSPS) is 12.2. The van der Waals surface area contributed by atoms with Crippen LogP contribution in [0.1, 0.15) is 23.6 Å². The molecule has 1 atom stereocenters. The van der Waals surface area contributed by atoms with Gasteiger partial charge in [-0.3, -0.25) is 4.79 Å². The lowest BCUT2D eigenvalue weighted by molar-refractivity contribution is -0.142. The highest BCUT2D eigenvalue weighted by Crippen LogP contribution is 2.09. The van der Waals surface area contributed by atoms with E-state index in [0.717, 1.165) is 0 Å². The molecule has 0 heterocycles. The van der Waals surface area contributed by atoms with Gasteiger partial charge >= 0.3 is 5.97 Å². The van der Waals surface area contributed by atoms with Gasteiger partial charge in [-0.25, -0.2) is 0 Å². The summed E-state index contributed by atoms with van der Waals surface area (Å²) in [6.45, 7) is 6.65. The van der Waals surface area contributed by atoms with Crippen molar-refractivity contribution >= 4 is 5.97 Å². The second-order valence-corrected chi connectivity index (χ2v) is 4.04. The molecule has 0 aliphatic heterocycles. The molecule has 1 aromatic carbocycles. The number of rotatable bonds is 4. The maximum absolute atomic E-state index is 11.2. The molecular weight excluding hydrogens is 202 g/mol. The Bertz CT molecular complexity index is 374. The number of methoxy groups -OCH3 is 1. The van der Waals surface area contributed by atoms with Gasteiger partial charge in [0.05, 0.1) is 7.11 Å². The fraction of sp³-hybridized carbons (Fsp3) is 0.462. The fourth-order valence-corrected chi connectivity index (χ4v) is 1.44. The average molecular weight is 221 g/mol. The van der Waals surface area contributed by atoms with Crippen LogP contribution in [0.5, 0.6) is 0 Å². The van der Waals surface area contributed by atoms with Crippen LogP contribution in [-0.2, 0) is 16.1 Å². The first-order valence-corrected chi connectivity index (χ1v) is 5.42. The third-order valence-electron chi connectivity index (χ3n) is 2.74. The Balaban J connectivity index is 2.55. The molecule has 1 aromatic rings. The zero-order valence-electron chi connectivity index (χ0n) is 10.3. The van der Waals surface area contributed by atoms with E-state index in [1.54, 1.807) is 6.92 Å². The van der Waals surface area contributed by atoms with E-state index in [0.29, 0.717) is 6.54 Å². The lowest BCUT2D eigenvalue weighted by Crippen LogP contribution is -2.34. The summed E-state index contributed by atoms with van der Waals surface area (Å²) in [6, 6.07) is 6.02. The Morgan fingerprint density at radius 2 is 2.06 bits per heavy atom. The summed E-state index contributed by atoms with van der Waals surface area (Å²) in [4.78, 5) is 11.2. The lowest BCUT2D eigenvalue weighted by Gasteiger charge is -2.12. The highest BCUT2D eigenvalue weighted by atomic mass is 16.5. The summed E-state index contributed by atoms with van der Waals surface area (Å²) in [7, 11) is 1.40. The average Bonchev–Trinajstić information content (AvgIpc) is 2.29. The number of carbonyl (C=O) groups is 1. The Morgan fingerprint density at radius 1 is 1.38 bits per heavy atom. The van der Waals surface area contributed by atoms with Gasteiger partial charge in [0.1, 0.15) is 6.04 Å². The van der Waals surface area contributed by atoms with E-state index in [-0.39, 0.29) is 12.0 Å². The van der Waals surface area contributed by atoms with E-state index in [9.17, 15) is 4.79 Å². The monoisotopic (exact) mass is 221 g/mol. The number of nitrogens with one attached hydrogen (secondary N) is 1. The summed E-state index contributed by atoms with van der Waals surface area (Å²) in [5.74, 6) is -0.233. The second kappa shape index (κ2) is 5.66. The number of hydrogen-bond donors (Lipinski definition) is 1. The standard InChI is InChI=1S/C13H19NO2/c1-9-5-6-12(7-10(9)2)8-14-11(3)13(15)16-4/h5-7,11,14H,8H2,1-4H3/t11-/m0/s1. The zero-order chi connectivity index (χ0) is 12.1. The first kappa shape index (κ1) is 12.7. The zero-order valence-corrected chi connectivity index (χ0v) is 10.3. The van der Waals surface area contributed by atoms with Crippen molar-refractivity contribution in [1.29, 1.82) is 0 Å². The van der Waals surface area contributed by atoms with Crippen LogP contribution in [0.2, 0.25) is 0 Å². The van der Waals surface area contributed by atoms with Gasteiger partial charge in [0, 0.05) is 6.54 Å². The first-order valence-electron chi connectivity index (χ1n) is 5.42. The Hall–Kier alpha value is -1.35.